The molecule has 0 aliphatic heterocycles. The summed E-state index contributed by atoms with van der Waals surface area (Å²) in [5.41, 5.74) is 7.87. The van der Waals surface area contributed by atoms with Crippen molar-refractivity contribution in [2.75, 3.05) is 5.32 Å². The molecule has 2 aromatic rings. The first-order valence-corrected chi connectivity index (χ1v) is 7.02. The lowest BCUT2D eigenvalue weighted by atomic mass is 10.0. The Balaban J connectivity index is 2.04. The topological polar surface area (TPSA) is 84.2 Å². The third-order valence-corrected chi connectivity index (χ3v) is 3.24. The van der Waals surface area contributed by atoms with E-state index in [-0.39, 0.29) is 12.3 Å². The van der Waals surface area contributed by atoms with Gasteiger partial charge in [-0.2, -0.15) is 0 Å². The quantitative estimate of drug-likeness (QED) is 0.792. The molecule has 0 aromatic heterocycles. The number of hydrogen-bond acceptors (Lipinski definition) is 2. The molecular weight excluding hydrogens is 278 g/mol. The SMILES string of the molecule is Cc1ccc(NC(=O)CC(NC(N)=O)c2ccccc2)cc1. The minimum atomic E-state index is -0.656. The average Bonchev–Trinajstić information content (AvgIpc) is 2.49. The first-order chi connectivity index (χ1) is 10.5. The molecule has 3 amide bonds. The van der Waals surface area contributed by atoms with E-state index in [0.717, 1.165) is 16.8 Å². The van der Waals surface area contributed by atoms with Crippen molar-refractivity contribution < 1.29 is 9.59 Å². The molecule has 22 heavy (non-hydrogen) atoms. The van der Waals surface area contributed by atoms with E-state index in [1.165, 1.54) is 0 Å². The maximum absolute atomic E-state index is 12.2. The number of primary amides is 1. The molecule has 114 valence electrons. The summed E-state index contributed by atoms with van der Waals surface area (Å²) >= 11 is 0. The molecule has 5 nitrogen and oxygen atoms in total. The summed E-state index contributed by atoms with van der Waals surface area (Å²) in [7, 11) is 0. The van der Waals surface area contributed by atoms with Crippen LogP contribution in [0.15, 0.2) is 54.6 Å². The summed E-state index contributed by atoms with van der Waals surface area (Å²) < 4.78 is 0. The molecule has 4 N–H and O–H groups in total. The van der Waals surface area contributed by atoms with Crippen LogP contribution in [0.4, 0.5) is 10.5 Å². The van der Waals surface area contributed by atoms with E-state index in [1.54, 1.807) is 0 Å². The standard InChI is InChI=1S/C17H19N3O2/c1-12-7-9-14(10-8-12)19-16(21)11-15(20-17(18)22)13-5-3-2-4-6-13/h2-10,15H,11H2,1H3,(H,19,21)(H3,18,20,22). The first kappa shape index (κ1) is 15.6. The largest absolute Gasteiger partial charge is 0.352 e. The van der Waals surface area contributed by atoms with Gasteiger partial charge in [-0.15, -0.1) is 0 Å². The van der Waals surface area contributed by atoms with Gasteiger partial charge in [0, 0.05) is 5.69 Å². The number of amides is 3. The maximum Gasteiger partial charge on any atom is 0.312 e. The second-order valence-corrected chi connectivity index (χ2v) is 5.09. The highest BCUT2D eigenvalue weighted by atomic mass is 16.2. The van der Waals surface area contributed by atoms with Crippen LogP contribution in [0.1, 0.15) is 23.6 Å². The summed E-state index contributed by atoms with van der Waals surface area (Å²) in [5, 5.41) is 5.41. The summed E-state index contributed by atoms with van der Waals surface area (Å²) in [4.78, 5) is 23.3. The van der Waals surface area contributed by atoms with Crippen LogP contribution in [0.25, 0.3) is 0 Å². The fourth-order valence-electron chi connectivity index (χ4n) is 2.14. The monoisotopic (exact) mass is 297 g/mol. The molecule has 0 spiro atoms. The molecule has 0 saturated carbocycles. The predicted octanol–water partition coefficient (Wildman–Crippen LogP) is 2.73. The molecule has 0 aliphatic carbocycles. The number of nitrogens with two attached hydrogens (primary N) is 1. The summed E-state index contributed by atoms with van der Waals surface area (Å²) in [6.45, 7) is 1.98. The van der Waals surface area contributed by atoms with E-state index in [1.807, 2.05) is 61.5 Å². The summed E-state index contributed by atoms with van der Waals surface area (Å²) in [6, 6.07) is 15.7. The lowest BCUT2D eigenvalue weighted by molar-refractivity contribution is -0.116. The predicted molar refractivity (Wildman–Crippen MR) is 86.3 cm³/mol. The Kier molecular flexibility index (Phi) is 5.14. The van der Waals surface area contributed by atoms with E-state index < -0.39 is 12.1 Å². The Morgan fingerprint density at radius 3 is 2.27 bits per heavy atom. The van der Waals surface area contributed by atoms with Crippen molar-refractivity contribution in [3.63, 3.8) is 0 Å². The molecule has 1 unspecified atom stereocenters. The molecule has 0 fully saturated rings. The average molecular weight is 297 g/mol. The molecule has 1 atom stereocenters. The zero-order chi connectivity index (χ0) is 15.9. The maximum atomic E-state index is 12.2. The fraction of sp³-hybridized carbons (Fsp3) is 0.176. The highest BCUT2D eigenvalue weighted by Gasteiger charge is 2.17. The second kappa shape index (κ2) is 7.26. The van der Waals surface area contributed by atoms with Gasteiger partial charge in [0.15, 0.2) is 0 Å². The van der Waals surface area contributed by atoms with Crippen LogP contribution in [-0.2, 0) is 4.79 Å². The van der Waals surface area contributed by atoms with Crippen LogP contribution in [0, 0.1) is 6.92 Å². The van der Waals surface area contributed by atoms with Crippen LogP contribution in [-0.4, -0.2) is 11.9 Å². The number of hydrogen-bond donors (Lipinski definition) is 3. The van der Waals surface area contributed by atoms with E-state index in [0.29, 0.717) is 0 Å². The second-order valence-electron chi connectivity index (χ2n) is 5.09. The van der Waals surface area contributed by atoms with Gasteiger partial charge in [-0.05, 0) is 24.6 Å². The molecule has 0 radical (unpaired) electrons. The highest BCUT2D eigenvalue weighted by molar-refractivity contribution is 5.91. The van der Waals surface area contributed by atoms with Crippen molar-refractivity contribution in [3.8, 4) is 0 Å². The lowest BCUT2D eigenvalue weighted by Gasteiger charge is -2.17. The third kappa shape index (κ3) is 4.63. The molecule has 0 aliphatic rings. The van der Waals surface area contributed by atoms with Crippen molar-refractivity contribution in [2.45, 2.75) is 19.4 Å². The number of benzene rings is 2. The number of carbonyl (C=O) groups excluding carboxylic acids is 2. The van der Waals surface area contributed by atoms with Crippen molar-refractivity contribution in [2.24, 2.45) is 5.73 Å². The van der Waals surface area contributed by atoms with Gasteiger partial charge in [0.1, 0.15) is 0 Å². The van der Waals surface area contributed by atoms with Gasteiger partial charge in [0.2, 0.25) is 5.91 Å². The smallest absolute Gasteiger partial charge is 0.312 e. The minimum absolute atomic E-state index is 0.112. The van der Waals surface area contributed by atoms with Gasteiger partial charge in [0.05, 0.1) is 12.5 Å². The minimum Gasteiger partial charge on any atom is -0.352 e. The molecule has 2 aromatic carbocycles. The zero-order valence-corrected chi connectivity index (χ0v) is 12.4. The van der Waals surface area contributed by atoms with Gasteiger partial charge in [-0.3, -0.25) is 4.79 Å². The normalized spacial score (nSPS) is 11.5. The molecule has 5 heteroatoms. The van der Waals surface area contributed by atoms with Gasteiger partial charge >= 0.3 is 6.03 Å². The molecule has 0 heterocycles. The van der Waals surface area contributed by atoms with Gasteiger partial charge in [-0.25, -0.2) is 4.79 Å². The number of rotatable bonds is 5. The highest BCUT2D eigenvalue weighted by Crippen LogP contribution is 2.18. The van der Waals surface area contributed by atoms with Gasteiger partial charge < -0.3 is 16.4 Å². The van der Waals surface area contributed by atoms with E-state index >= 15 is 0 Å². The van der Waals surface area contributed by atoms with Gasteiger partial charge in [-0.1, -0.05) is 48.0 Å². The Bertz CT molecular complexity index is 639. The van der Waals surface area contributed by atoms with Crippen LogP contribution in [0.5, 0.6) is 0 Å². The number of nitrogens with one attached hydrogen (secondary N) is 2. The summed E-state index contributed by atoms with van der Waals surface area (Å²) in [5.74, 6) is -0.188. The van der Waals surface area contributed by atoms with E-state index in [9.17, 15) is 9.59 Å². The van der Waals surface area contributed by atoms with E-state index in [4.69, 9.17) is 5.73 Å². The number of aryl methyl sites for hydroxylation is 1. The Morgan fingerprint density at radius 1 is 1.05 bits per heavy atom. The van der Waals surface area contributed by atoms with Crippen LogP contribution in [0.3, 0.4) is 0 Å². The first-order valence-electron chi connectivity index (χ1n) is 7.02. The van der Waals surface area contributed by atoms with Crippen LogP contribution in [0.2, 0.25) is 0 Å². The number of anilines is 1. The van der Waals surface area contributed by atoms with Crippen LogP contribution < -0.4 is 16.4 Å². The van der Waals surface area contributed by atoms with Crippen molar-refractivity contribution in [3.05, 3.63) is 65.7 Å². The third-order valence-electron chi connectivity index (χ3n) is 3.24. The Hall–Kier alpha value is -2.82. The fourth-order valence-corrected chi connectivity index (χ4v) is 2.14. The lowest BCUT2D eigenvalue weighted by Crippen LogP contribution is -2.35. The Morgan fingerprint density at radius 2 is 1.68 bits per heavy atom. The number of carbonyl (C=O) groups is 2. The Labute approximate surface area is 129 Å². The van der Waals surface area contributed by atoms with Gasteiger partial charge in [0.25, 0.3) is 0 Å². The van der Waals surface area contributed by atoms with E-state index in [2.05, 4.69) is 10.6 Å². The summed E-state index contributed by atoms with van der Waals surface area (Å²) in [6.07, 6.45) is 0.112. The molecule has 0 bridgehead atoms. The van der Waals surface area contributed by atoms with Crippen molar-refractivity contribution >= 4 is 17.6 Å². The molecular formula is C17H19N3O2. The molecule has 0 saturated heterocycles. The van der Waals surface area contributed by atoms with Crippen molar-refractivity contribution in [1.29, 1.82) is 0 Å². The molecule has 2 rings (SSSR count). The zero-order valence-electron chi connectivity index (χ0n) is 12.4. The number of urea groups is 1. The van der Waals surface area contributed by atoms with Crippen molar-refractivity contribution in [1.82, 2.24) is 5.32 Å². The van der Waals surface area contributed by atoms with Crippen LogP contribution >= 0.6 is 0 Å².